The average Bonchev–Trinajstić information content (AvgIpc) is 3.48. The van der Waals surface area contributed by atoms with Crippen LogP contribution < -0.4 is 5.73 Å². The summed E-state index contributed by atoms with van der Waals surface area (Å²) in [4.78, 5) is 18.6. The van der Waals surface area contributed by atoms with Crippen LogP contribution in [0.1, 0.15) is 45.2 Å². The molecule has 0 atom stereocenters. The van der Waals surface area contributed by atoms with Crippen LogP contribution in [0.2, 0.25) is 10.0 Å². The van der Waals surface area contributed by atoms with Gasteiger partial charge in [-0.1, -0.05) is 23.2 Å². The van der Waals surface area contributed by atoms with Crippen LogP contribution in [0.4, 0.5) is 15.0 Å². The van der Waals surface area contributed by atoms with Gasteiger partial charge in [0.2, 0.25) is 0 Å². The fourth-order valence-electron chi connectivity index (χ4n) is 4.55. The number of ether oxygens (including phenoxy) is 1. The van der Waals surface area contributed by atoms with Gasteiger partial charge in [-0.05, 0) is 51.8 Å². The molecule has 0 saturated carbocycles. The van der Waals surface area contributed by atoms with Gasteiger partial charge in [-0.3, -0.25) is 14.3 Å². The molecule has 4 heterocycles. The third kappa shape index (κ3) is 5.28. The van der Waals surface area contributed by atoms with Crippen LogP contribution in [-0.2, 0) is 11.3 Å². The van der Waals surface area contributed by atoms with Gasteiger partial charge in [-0.25, -0.2) is 9.18 Å². The van der Waals surface area contributed by atoms with Crippen LogP contribution in [0, 0.1) is 5.82 Å². The van der Waals surface area contributed by atoms with E-state index in [2.05, 4.69) is 15.2 Å². The quantitative estimate of drug-likeness (QED) is 0.310. The summed E-state index contributed by atoms with van der Waals surface area (Å²) in [5.74, 6) is -0.304. The number of carbonyl (C=O) groups is 1. The predicted octanol–water partition coefficient (Wildman–Crippen LogP) is 5.94. The first-order chi connectivity index (χ1) is 18.0. The lowest BCUT2D eigenvalue weighted by molar-refractivity contribution is 0.0185. The van der Waals surface area contributed by atoms with Crippen LogP contribution in [-0.4, -0.2) is 54.2 Å². The fourth-order valence-corrected chi connectivity index (χ4v) is 5.04. The molecule has 1 aliphatic rings. The number of nitrogens with zero attached hydrogens (tertiary/aromatic N) is 6. The molecule has 0 spiro atoms. The number of aromatic nitrogens is 5. The third-order valence-corrected chi connectivity index (χ3v) is 7.25. The van der Waals surface area contributed by atoms with E-state index in [4.69, 9.17) is 33.7 Å². The molecule has 9 nitrogen and oxygen atoms in total. The number of hydrogen-bond acceptors (Lipinski definition) is 6. The van der Waals surface area contributed by atoms with Gasteiger partial charge in [0.25, 0.3) is 0 Å². The Labute approximate surface area is 229 Å². The molecule has 4 aromatic rings. The summed E-state index contributed by atoms with van der Waals surface area (Å²) < 4.78 is 23.1. The smallest absolute Gasteiger partial charge is 0.410 e. The molecule has 0 bridgehead atoms. The molecule has 1 fully saturated rings. The first kappa shape index (κ1) is 26.2. The minimum atomic E-state index is -0.557. The van der Waals surface area contributed by atoms with Gasteiger partial charge < -0.3 is 15.4 Å². The number of pyridine rings is 1. The highest BCUT2D eigenvalue weighted by Crippen LogP contribution is 2.32. The minimum Gasteiger partial charge on any atom is -0.444 e. The number of rotatable bonds is 4. The van der Waals surface area contributed by atoms with Crippen molar-refractivity contribution in [1.82, 2.24) is 29.4 Å². The van der Waals surface area contributed by atoms with E-state index in [1.165, 1.54) is 12.1 Å². The lowest BCUT2D eigenvalue weighted by Gasteiger charge is -2.33. The molecular formula is C26H28Cl2FN7O2. The number of nitrogens with two attached hydrogens (primary N) is 1. The zero-order valence-corrected chi connectivity index (χ0v) is 22.8. The summed E-state index contributed by atoms with van der Waals surface area (Å²) in [6, 6.07) is 4.77. The second kappa shape index (κ2) is 10.1. The highest BCUT2D eigenvalue weighted by atomic mass is 35.5. The SMILES string of the molecule is CC(C)(C)OC(=O)N1CCC(n2cc(-c3cnc4c(N)nn(Cc5c(Cl)ccc(F)c5Cl)c4c3)cn2)CC1. The van der Waals surface area contributed by atoms with E-state index in [1.807, 2.05) is 37.7 Å². The fraction of sp³-hybridized carbons (Fsp3) is 0.385. The summed E-state index contributed by atoms with van der Waals surface area (Å²) in [6.07, 6.45) is 6.74. The zero-order valence-electron chi connectivity index (χ0n) is 21.3. The molecule has 0 unspecified atom stereocenters. The van der Waals surface area contributed by atoms with Crippen molar-refractivity contribution in [2.45, 2.75) is 51.8 Å². The molecule has 3 aromatic heterocycles. The maximum atomic E-state index is 14.1. The molecule has 1 amide bonds. The lowest BCUT2D eigenvalue weighted by atomic mass is 10.1. The summed E-state index contributed by atoms with van der Waals surface area (Å²) in [6.45, 7) is 6.92. The Morgan fingerprint density at radius 1 is 1.18 bits per heavy atom. The number of carbonyl (C=O) groups excluding carboxylic acids is 1. The Hall–Kier alpha value is -3.37. The minimum absolute atomic E-state index is 0.0529. The summed E-state index contributed by atoms with van der Waals surface area (Å²) >= 11 is 12.5. The number of halogens is 3. The Morgan fingerprint density at radius 2 is 1.92 bits per heavy atom. The van der Waals surface area contributed by atoms with Crippen LogP contribution >= 0.6 is 23.2 Å². The van der Waals surface area contributed by atoms with Crippen molar-refractivity contribution < 1.29 is 13.9 Å². The van der Waals surface area contributed by atoms with E-state index in [9.17, 15) is 9.18 Å². The second-order valence-corrected chi connectivity index (χ2v) is 11.1. The highest BCUT2D eigenvalue weighted by Gasteiger charge is 2.28. The Balaban J connectivity index is 1.35. The van der Waals surface area contributed by atoms with Crippen molar-refractivity contribution in [2.24, 2.45) is 0 Å². The van der Waals surface area contributed by atoms with Gasteiger partial charge >= 0.3 is 6.09 Å². The maximum Gasteiger partial charge on any atom is 0.410 e. The first-order valence-corrected chi connectivity index (χ1v) is 13.0. The van der Waals surface area contributed by atoms with Crippen molar-refractivity contribution in [3.63, 3.8) is 0 Å². The average molecular weight is 560 g/mol. The van der Waals surface area contributed by atoms with E-state index in [-0.39, 0.29) is 29.5 Å². The lowest BCUT2D eigenvalue weighted by Crippen LogP contribution is -2.42. The molecule has 0 radical (unpaired) electrons. The number of anilines is 1. The summed E-state index contributed by atoms with van der Waals surface area (Å²) in [5.41, 5.74) is 8.89. The van der Waals surface area contributed by atoms with Crippen LogP contribution in [0.25, 0.3) is 22.2 Å². The zero-order chi connectivity index (χ0) is 27.2. The third-order valence-electron chi connectivity index (χ3n) is 6.49. The van der Waals surface area contributed by atoms with Crippen LogP contribution in [0.3, 0.4) is 0 Å². The Bertz CT molecular complexity index is 1500. The molecule has 5 rings (SSSR count). The summed E-state index contributed by atoms with van der Waals surface area (Å²) in [7, 11) is 0. The van der Waals surface area contributed by atoms with E-state index in [0.717, 1.165) is 24.0 Å². The molecule has 0 aliphatic carbocycles. The van der Waals surface area contributed by atoms with Gasteiger partial charge in [0, 0.05) is 47.2 Å². The summed E-state index contributed by atoms with van der Waals surface area (Å²) in [5, 5.41) is 9.25. The monoisotopic (exact) mass is 559 g/mol. The Kier molecular flexibility index (Phi) is 6.96. The van der Waals surface area contributed by atoms with Crippen molar-refractivity contribution in [3.8, 4) is 11.1 Å². The number of amides is 1. The number of nitrogen functional groups attached to an aromatic ring is 1. The number of hydrogen-bond donors (Lipinski definition) is 1. The van der Waals surface area contributed by atoms with Crippen LogP contribution in [0.15, 0.2) is 36.8 Å². The van der Waals surface area contributed by atoms with Crippen molar-refractivity contribution in [1.29, 1.82) is 0 Å². The maximum absolute atomic E-state index is 14.1. The van der Waals surface area contributed by atoms with E-state index in [0.29, 0.717) is 34.7 Å². The van der Waals surface area contributed by atoms with Crippen molar-refractivity contribution in [2.75, 3.05) is 18.8 Å². The molecular weight excluding hydrogens is 532 g/mol. The molecule has 12 heteroatoms. The molecule has 2 N–H and O–H groups in total. The molecule has 200 valence electrons. The topological polar surface area (TPSA) is 104 Å². The molecule has 1 saturated heterocycles. The molecule has 38 heavy (non-hydrogen) atoms. The standard InChI is InChI=1S/C26H28Cl2FN7O2/c1-26(2,3)38-25(37)34-8-6-17(7-9-34)35-13-16(12-32-35)15-10-21-23(31-11-15)24(30)33-36(21)14-18-19(27)4-5-20(29)22(18)28/h4-5,10-13,17H,6-9,14H2,1-3H3,(H2,30,33). The van der Waals surface area contributed by atoms with Gasteiger partial charge in [0.05, 0.1) is 29.3 Å². The Morgan fingerprint density at radius 3 is 2.63 bits per heavy atom. The van der Waals surface area contributed by atoms with Crippen molar-refractivity contribution in [3.05, 3.63) is 58.2 Å². The normalized spacial score (nSPS) is 14.8. The first-order valence-electron chi connectivity index (χ1n) is 12.3. The van der Waals surface area contributed by atoms with E-state index in [1.54, 1.807) is 22.0 Å². The number of benzene rings is 1. The second-order valence-electron chi connectivity index (χ2n) is 10.4. The number of likely N-dealkylation sites (tertiary alicyclic amines) is 1. The number of fused-ring (bicyclic) bond motifs is 1. The molecule has 1 aliphatic heterocycles. The van der Waals surface area contributed by atoms with Gasteiger partial charge in [0.1, 0.15) is 16.9 Å². The highest BCUT2D eigenvalue weighted by molar-refractivity contribution is 6.36. The van der Waals surface area contributed by atoms with E-state index < -0.39 is 11.4 Å². The van der Waals surface area contributed by atoms with Gasteiger partial charge in [0.15, 0.2) is 5.82 Å². The largest absolute Gasteiger partial charge is 0.444 e. The predicted molar refractivity (Wildman–Crippen MR) is 145 cm³/mol. The number of piperidine rings is 1. The van der Waals surface area contributed by atoms with Crippen molar-refractivity contribution >= 4 is 46.1 Å². The van der Waals surface area contributed by atoms with Crippen LogP contribution in [0.5, 0.6) is 0 Å². The van der Waals surface area contributed by atoms with Gasteiger partial charge in [-0.15, -0.1) is 0 Å². The van der Waals surface area contributed by atoms with E-state index >= 15 is 0 Å². The van der Waals surface area contributed by atoms with Gasteiger partial charge in [-0.2, -0.15) is 10.2 Å². The molecule has 1 aromatic carbocycles.